The number of aliphatic hydroxyl groups excluding tert-OH is 1. The minimum Gasteiger partial charge on any atom is -0.481 e. The summed E-state index contributed by atoms with van der Waals surface area (Å²) in [5.74, 6) is 0.699. The largest absolute Gasteiger partial charge is 0.481 e. The summed E-state index contributed by atoms with van der Waals surface area (Å²) in [5.41, 5.74) is 1.25. The highest BCUT2D eigenvalue weighted by molar-refractivity contribution is 5.25. The Balaban J connectivity index is 2.09. The molecule has 2 rings (SSSR count). The minimum atomic E-state index is -0.184. The number of hydrogen-bond acceptors (Lipinski definition) is 4. The van der Waals surface area contributed by atoms with Gasteiger partial charge < -0.3 is 9.84 Å². The molecule has 2 heterocycles. The van der Waals surface area contributed by atoms with Gasteiger partial charge in [-0.2, -0.15) is 0 Å². The van der Waals surface area contributed by atoms with Crippen molar-refractivity contribution in [3.05, 3.63) is 23.9 Å². The van der Waals surface area contributed by atoms with E-state index in [4.69, 9.17) is 4.74 Å². The Morgan fingerprint density at radius 3 is 3.05 bits per heavy atom. The summed E-state index contributed by atoms with van der Waals surface area (Å²) in [6, 6.07) is 4.00. The van der Waals surface area contributed by atoms with Crippen molar-refractivity contribution in [2.45, 2.75) is 39.3 Å². The van der Waals surface area contributed by atoms with E-state index in [-0.39, 0.29) is 11.5 Å². The summed E-state index contributed by atoms with van der Waals surface area (Å²) in [6.45, 7) is 7.17. The molecule has 0 radical (unpaired) electrons. The fourth-order valence-corrected chi connectivity index (χ4v) is 2.92. The van der Waals surface area contributed by atoms with Gasteiger partial charge in [0.2, 0.25) is 5.88 Å². The Morgan fingerprint density at radius 2 is 2.32 bits per heavy atom. The van der Waals surface area contributed by atoms with Gasteiger partial charge >= 0.3 is 0 Å². The number of pyridine rings is 1. The van der Waals surface area contributed by atoms with Gasteiger partial charge in [-0.25, -0.2) is 4.98 Å². The number of aliphatic hydroxyl groups is 1. The molecule has 1 aromatic heterocycles. The number of hydrogen-bond donors (Lipinski definition) is 1. The molecule has 19 heavy (non-hydrogen) atoms. The van der Waals surface area contributed by atoms with Crippen molar-refractivity contribution >= 4 is 0 Å². The van der Waals surface area contributed by atoms with E-state index in [1.807, 2.05) is 6.07 Å². The van der Waals surface area contributed by atoms with Crippen molar-refractivity contribution in [3.63, 3.8) is 0 Å². The zero-order chi connectivity index (χ0) is 13.9. The lowest BCUT2D eigenvalue weighted by Gasteiger charge is -2.29. The van der Waals surface area contributed by atoms with Gasteiger partial charge in [0.1, 0.15) is 0 Å². The molecule has 1 aromatic rings. The topological polar surface area (TPSA) is 45.6 Å². The maximum atomic E-state index is 9.95. The smallest absolute Gasteiger partial charge is 0.217 e. The third-order valence-corrected chi connectivity index (χ3v) is 3.66. The molecule has 1 saturated heterocycles. The molecule has 0 aromatic carbocycles. The highest BCUT2D eigenvalue weighted by Crippen LogP contribution is 2.29. The highest BCUT2D eigenvalue weighted by atomic mass is 16.5. The molecule has 1 atom stereocenters. The first kappa shape index (κ1) is 14.3. The Morgan fingerprint density at radius 1 is 1.53 bits per heavy atom. The summed E-state index contributed by atoms with van der Waals surface area (Å²) in [5, 5.41) is 9.95. The first-order valence-electron chi connectivity index (χ1n) is 6.88. The van der Waals surface area contributed by atoms with Crippen molar-refractivity contribution in [1.82, 2.24) is 9.88 Å². The van der Waals surface area contributed by atoms with Crippen LogP contribution in [0.4, 0.5) is 0 Å². The van der Waals surface area contributed by atoms with E-state index in [0.29, 0.717) is 5.88 Å². The highest BCUT2D eigenvalue weighted by Gasteiger charge is 2.29. The monoisotopic (exact) mass is 264 g/mol. The number of methoxy groups -OCH3 is 1. The third kappa shape index (κ3) is 3.91. The second-order valence-corrected chi connectivity index (χ2v) is 6.19. The van der Waals surface area contributed by atoms with Crippen LogP contribution in [-0.2, 0) is 6.54 Å². The van der Waals surface area contributed by atoms with Gasteiger partial charge in [0.05, 0.1) is 13.2 Å². The predicted molar refractivity (Wildman–Crippen MR) is 75.1 cm³/mol. The molecule has 0 saturated carbocycles. The normalized spacial score (nSPS) is 23.9. The molecule has 1 aliphatic rings. The molecule has 4 nitrogen and oxygen atoms in total. The maximum absolute atomic E-state index is 9.95. The van der Waals surface area contributed by atoms with E-state index in [0.717, 1.165) is 38.0 Å². The molecular weight excluding hydrogens is 240 g/mol. The zero-order valence-corrected chi connectivity index (χ0v) is 12.1. The van der Waals surface area contributed by atoms with Gasteiger partial charge in [-0.15, -0.1) is 0 Å². The van der Waals surface area contributed by atoms with Crippen molar-refractivity contribution in [2.75, 3.05) is 20.2 Å². The first-order chi connectivity index (χ1) is 9.00. The van der Waals surface area contributed by atoms with E-state index >= 15 is 0 Å². The van der Waals surface area contributed by atoms with Crippen molar-refractivity contribution in [3.8, 4) is 5.88 Å². The van der Waals surface area contributed by atoms with Gasteiger partial charge in [-0.05, 0) is 24.3 Å². The second kappa shape index (κ2) is 5.88. The molecule has 0 aliphatic carbocycles. The number of nitrogens with zero attached hydrogens (tertiary/aromatic N) is 2. The number of likely N-dealkylation sites (tertiary alicyclic amines) is 1. The molecular formula is C15H24N2O2. The lowest BCUT2D eigenvalue weighted by atomic mass is 9.87. The van der Waals surface area contributed by atoms with Crippen LogP contribution in [0.1, 0.15) is 32.3 Å². The van der Waals surface area contributed by atoms with Crippen LogP contribution in [-0.4, -0.2) is 41.3 Å². The summed E-state index contributed by atoms with van der Waals surface area (Å²) in [4.78, 5) is 6.62. The molecule has 1 unspecified atom stereocenters. The van der Waals surface area contributed by atoms with Crippen molar-refractivity contribution < 1.29 is 9.84 Å². The maximum Gasteiger partial charge on any atom is 0.217 e. The molecule has 0 bridgehead atoms. The van der Waals surface area contributed by atoms with Crippen LogP contribution >= 0.6 is 0 Å². The van der Waals surface area contributed by atoms with Crippen LogP contribution in [0.2, 0.25) is 0 Å². The van der Waals surface area contributed by atoms with Gasteiger partial charge in [-0.3, -0.25) is 4.90 Å². The Hall–Kier alpha value is -1.13. The molecule has 0 amide bonds. The molecule has 4 heteroatoms. The fraction of sp³-hybridized carbons (Fsp3) is 0.667. The van der Waals surface area contributed by atoms with E-state index in [1.165, 1.54) is 0 Å². The fourth-order valence-electron chi connectivity index (χ4n) is 2.92. The van der Waals surface area contributed by atoms with E-state index < -0.39 is 0 Å². The van der Waals surface area contributed by atoms with Crippen LogP contribution in [0.3, 0.4) is 0 Å². The Kier molecular flexibility index (Phi) is 4.42. The first-order valence-corrected chi connectivity index (χ1v) is 6.88. The van der Waals surface area contributed by atoms with Crippen molar-refractivity contribution in [1.29, 1.82) is 0 Å². The number of aromatic nitrogens is 1. The van der Waals surface area contributed by atoms with Crippen LogP contribution in [0.15, 0.2) is 18.3 Å². The summed E-state index contributed by atoms with van der Waals surface area (Å²) < 4.78 is 5.30. The number of rotatable bonds is 3. The second-order valence-electron chi connectivity index (χ2n) is 6.19. The average Bonchev–Trinajstić information content (AvgIpc) is 2.47. The molecule has 1 N–H and O–H groups in total. The minimum absolute atomic E-state index is 0.144. The average molecular weight is 264 g/mol. The molecule has 106 valence electrons. The van der Waals surface area contributed by atoms with E-state index in [9.17, 15) is 5.11 Å². The molecule has 0 spiro atoms. The summed E-state index contributed by atoms with van der Waals surface area (Å²) >= 11 is 0. The van der Waals surface area contributed by atoms with Crippen molar-refractivity contribution in [2.24, 2.45) is 5.41 Å². The predicted octanol–water partition coefficient (Wildman–Crippen LogP) is 2.07. The van der Waals surface area contributed by atoms with Gasteiger partial charge in [-0.1, -0.05) is 19.9 Å². The quantitative estimate of drug-likeness (QED) is 0.908. The van der Waals surface area contributed by atoms with Crippen LogP contribution < -0.4 is 4.74 Å². The van der Waals surface area contributed by atoms with Gasteiger partial charge in [0.25, 0.3) is 0 Å². The zero-order valence-electron chi connectivity index (χ0n) is 12.1. The third-order valence-electron chi connectivity index (χ3n) is 3.66. The van der Waals surface area contributed by atoms with Gasteiger partial charge in [0, 0.05) is 31.4 Å². The summed E-state index contributed by atoms with van der Waals surface area (Å²) in [7, 11) is 1.65. The van der Waals surface area contributed by atoms with Crippen LogP contribution in [0.5, 0.6) is 5.88 Å². The summed E-state index contributed by atoms with van der Waals surface area (Å²) in [6.07, 6.45) is 3.27. The number of ether oxygens (including phenoxy) is 1. The Bertz CT molecular complexity index is 420. The lowest BCUT2D eigenvalue weighted by molar-refractivity contribution is 0.121. The Labute approximate surface area is 115 Å². The van der Waals surface area contributed by atoms with Crippen LogP contribution in [0, 0.1) is 5.41 Å². The van der Waals surface area contributed by atoms with E-state index in [2.05, 4.69) is 29.8 Å². The standard InChI is InChI=1S/C15H24N2O2/c1-15(2)9-13(18)6-8-17(11-15)10-12-5-4-7-16-14(12)19-3/h4-5,7,13,18H,6,8-11H2,1-3H3. The van der Waals surface area contributed by atoms with Crippen LogP contribution in [0.25, 0.3) is 0 Å². The SMILES string of the molecule is COc1ncccc1CN1CCC(O)CC(C)(C)C1. The van der Waals surface area contributed by atoms with Gasteiger partial charge in [0.15, 0.2) is 0 Å². The molecule has 1 fully saturated rings. The van der Waals surface area contributed by atoms with E-state index in [1.54, 1.807) is 13.3 Å². The lowest BCUT2D eigenvalue weighted by Crippen LogP contribution is -2.32. The molecule has 1 aliphatic heterocycles.